The van der Waals surface area contributed by atoms with Crippen molar-refractivity contribution in [3.8, 4) is 0 Å². The first-order chi connectivity index (χ1) is 10.3. The fraction of sp³-hybridized carbons (Fsp3) is 0.333. The molecule has 0 radical (unpaired) electrons. The predicted molar refractivity (Wildman–Crippen MR) is 80.7 cm³/mol. The highest BCUT2D eigenvalue weighted by atomic mass is 19.1. The molecule has 0 spiro atoms. The maximum Gasteiger partial charge on any atom is 0.225 e. The summed E-state index contributed by atoms with van der Waals surface area (Å²) in [6.45, 7) is 3.50. The fourth-order valence-corrected chi connectivity index (χ4v) is 2.47. The van der Waals surface area contributed by atoms with Gasteiger partial charge in [-0.15, -0.1) is 0 Å². The lowest BCUT2D eigenvalue weighted by Gasteiger charge is -2.36. The zero-order chi connectivity index (χ0) is 14.7. The maximum absolute atomic E-state index is 13.8. The van der Waals surface area contributed by atoms with Crippen LogP contribution in [0.3, 0.4) is 0 Å². The van der Waals surface area contributed by atoms with Gasteiger partial charge in [0.15, 0.2) is 0 Å². The van der Waals surface area contributed by atoms with E-state index in [2.05, 4.69) is 19.8 Å². The first-order valence-electron chi connectivity index (χ1n) is 7.03. The first kappa shape index (κ1) is 13.8. The van der Waals surface area contributed by atoms with Crippen LogP contribution in [0.1, 0.15) is 5.56 Å². The summed E-state index contributed by atoms with van der Waals surface area (Å²) in [5.41, 5.74) is 7.12. The molecule has 1 aliphatic rings. The second-order valence-electron chi connectivity index (χ2n) is 5.02. The van der Waals surface area contributed by atoms with Crippen molar-refractivity contribution in [3.63, 3.8) is 0 Å². The Labute approximate surface area is 123 Å². The van der Waals surface area contributed by atoms with Gasteiger partial charge in [0.05, 0.1) is 5.69 Å². The summed E-state index contributed by atoms with van der Waals surface area (Å²) in [5.74, 6) is 0.537. The van der Waals surface area contributed by atoms with E-state index in [1.54, 1.807) is 18.5 Å². The minimum Gasteiger partial charge on any atom is -0.366 e. The molecule has 2 aromatic rings. The van der Waals surface area contributed by atoms with Crippen LogP contribution in [0.5, 0.6) is 0 Å². The molecule has 2 N–H and O–H groups in total. The van der Waals surface area contributed by atoms with Gasteiger partial charge in [0.2, 0.25) is 5.95 Å². The molecule has 1 fully saturated rings. The molecule has 1 aromatic heterocycles. The molecule has 0 saturated carbocycles. The molecule has 2 heterocycles. The Morgan fingerprint density at radius 1 is 1.00 bits per heavy atom. The molecule has 1 aromatic carbocycles. The largest absolute Gasteiger partial charge is 0.366 e. The molecule has 0 amide bonds. The predicted octanol–water partition coefficient (Wildman–Crippen LogP) is 1.40. The van der Waals surface area contributed by atoms with Crippen molar-refractivity contribution >= 4 is 11.6 Å². The molecule has 6 heteroatoms. The topological polar surface area (TPSA) is 58.3 Å². The lowest BCUT2D eigenvalue weighted by molar-refractivity contribution is 0.594. The highest BCUT2D eigenvalue weighted by molar-refractivity contribution is 5.49. The van der Waals surface area contributed by atoms with E-state index in [9.17, 15) is 4.39 Å². The fourth-order valence-electron chi connectivity index (χ4n) is 2.47. The SMILES string of the molecule is NCc1cnc(N2CCN(c3ccccc3F)CC2)nc1. The number of halogens is 1. The summed E-state index contributed by atoms with van der Waals surface area (Å²) in [5, 5.41) is 0. The highest BCUT2D eigenvalue weighted by Crippen LogP contribution is 2.21. The van der Waals surface area contributed by atoms with E-state index in [4.69, 9.17) is 5.73 Å². The van der Waals surface area contributed by atoms with Gasteiger partial charge in [-0.2, -0.15) is 0 Å². The lowest BCUT2D eigenvalue weighted by atomic mass is 10.2. The number of para-hydroxylation sites is 1. The van der Waals surface area contributed by atoms with Gasteiger partial charge in [-0.25, -0.2) is 14.4 Å². The number of benzene rings is 1. The second kappa shape index (κ2) is 6.05. The normalized spacial score (nSPS) is 15.3. The van der Waals surface area contributed by atoms with Crippen LogP contribution in [0, 0.1) is 5.82 Å². The van der Waals surface area contributed by atoms with Crippen molar-refractivity contribution in [2.75, 3.05) is 36.0 Å². The van der Waals surface area contributed by atoms with Crippen molar-refractivity contribution in [3.05, 3.63) is 48.0 Å². The average molecular weight is 287 g/mol. The van der Waals surface area contributed by atoms with Crippen LogP contribution in [0.2, 0.25) is 0 Å². The summed E-state index contributed by atoms with van der Waals surface area (Å²) < 4.78 is 13.8. The smallest absolute Gasteiger partial charge is 0.225 e. The van der Waals surface area contributed by atoms with Crippen molar-refractivity contribution in [1.82, 2.24) is 9.97 Å². The molecular formula is C15H18FN5. The Bertz CT molecular complexity index is 593. The Kier molecular flexibility index (Phi) is 3.96. The summed E-state index contributed by atoms with van der Waals surface area (Å²) in [6, 6.07) is 6.88. The van der Waals surface area contributed by atoms with Gasteiger partial charge >= 0.3 is 0 Å². The van der Waals surface area contributed by atoms with Crippen molar-refractivity contribution < 1.29 is 4.39 Å². The van der Waals surface area contributed by atoms with E-state index in [0.29, 0.717) is 18.2 Å². The van der Waals surface area contributed by atoms with Crippen LogP contribution < -0.4 is 15.5 Å². The van der Waals surface area contributed by atoms with Gasteiger partial charge in [0.1, 0.15) is 5.82 Å². The number of nitrogens with two attached hydrogens (primary N) is 1. The molecular weight excluding hydrogens is 269 g/mol. The second-order valence-corrected chi connectivity index (χ2v) is 5.02. The summed E-state index contributed by atoms with van der Waals surface area (Å²) >= 11 is 0. The quantitative estimate of drug-likeness (QED) is 0.925. The molecule has 110 valence electrons. The number of nitrogens with zero attached hydrogens (tertiary/aromatic N) is 4. The van der Waals surface area contributed by atoms with Gasteiger partial charge in [0.25, 0.3) is 0 Å². The van der Waals surface area contributed by atoms with E-state index < -0.39 is 0 Å². The van der Waals surface area contributed by atoms with Crippen LogP contribution >= 0.6 is 0 Å². The lowest BCUT2D eigenvalue weighted by Crippen LogP contribution is -2.47. The zero-order valence-electron chi connectivity index (χ0n) is 11.7. The van der Waals surface area contributed by atoms with E-state index >= 15 is 0 Å². The molecule has 0 bridgehead atoms. The average Bonchev–Trinajstić information content (AvgIpc) is 2.56. The molecule has 5 nitrogen and oxygen atoms in total. The molecule has 1 saturated heterocycles. The number of anilines is 2. The Morgan fingerprint density at radius 2 is 1.62 bits per heavy atom. The third-order valence-corrected chi connectivity index (χ3v) is 3.68. The van der Waals surface area contributed by atoms with Gasteiger partial charge in [-0.3, -0.25) is 0 Å². The van der Waals surface area contributed by atoms with Crippen LogP contribution in [-0.2, 0) is 6.54 Å². The summed E-state index contributed by atoms with van der Waals surface area (Å²) in [4.78, 5) is 12.8. The van der Waals surface area contributed by atoms with Crippen molar-refractivity contribution in [2.24, 2.45) is 5.73 Å². The maximum atomic E-state index is 13.8. The number of hydrogen-bond donors (Lipinski definition) is 1. The van der Waals surface area contributed by atoms with Crippen LogP contribution in [0.15, 0.2) is 36.7 Å². The molecule has 0 aliphatic carbocycles. The highest BCUT2D eigenvalue weighted by Gasteiger charge is 2.20. The van der Waals surface area contributed by atoms with Crippen molar-refractivity contribution in [1.29, 1.82) is 0 Å². The molecule has 1 aliphatic heterocycles. The number of hydrogen-bond acceptors (Lipinski definition) is 5. The van der Waals surface area contributed by atoms with Gasteiger partial charge < -0.3 is 15.5 Å². The van der Waals surface area contributed by atoms with E-state index in [-0.39, 0.29) is 5.82 Å². The minimum atomic E-state index is -0.172. The molecule has 0 atom stereocenters. The third-order valence-electron chi connectivity index (χ3n) is 3.68. The molecule has 3 rings (SSSR count). The van der Waals surface area contributed by atoms with E-state index in [1.807, 2.05) is 12.1 Å². The minimum absolute atomic E-state index is 0.172. The number of piperazine rings is 1. The van der Waals surface area contributed by atoms with Gasteiger partial charge in [-0.1, -0.05) is 12.1 Å². The monoisotopic (exact) mass is 287 g/mol. The molecule has 21 heavy (non-hydrogen) atoms. The van der Waals surface area contributed by atoms with Crippen LogP contribution in [0.25, 0.3) is 0 Å². The summed E-state index contributed by atoms with van der Waals surface area (Å²) in [6.07, 6.45) is 3.51. The Hall–Kier alpha value is -2.21. The van der Waals surface area contributed by atoms with E-state index in [1.165, 1.54) is 6.07 Å². The standard InChI is InChI=1S/C15H18FN5/c16-13-3-1-2-4-14(13)20-5-7-21(8-6-20)15-18-10-12(9-17)11-19-15/h1-4,10-11H,5-9,17H2. The van der Waals surface area contributed by atoms with Crippen LogP contribution in [-0.4, -0.2) is 36.1 Å². The number of rotatable bonds is 3. The third kappa shape index (κ3) is 2.95. The van der Waals surface area contributed by atoms with E-state index in [0.717, 1.165) is 31.7 Å². The first-order valence-corrected chi connectivity index (χ1v) is 7.03. The van der Waals surface area contributed by atoms with Gasteiger partial charge in [-0.05, 0) is 12.1 Å². The Balaban J connectivity index is 1.66. The zero-order valence-corrected chi connectivity index (χ0v) is 11.7. The van der Waals surface area contributed by atoms with Crippen molar-refractivity contribution in [2.45, 2.75) is 6.54 Å². The Morgan fingerprint density at radius 3 is 2.24 bits per heavy atom. The van der Waals surface area contributed by atoms with Gasteiger partial charge in [0, 0.05) is 50.7 Å². The molecule has 0 unspecified atom stereocenters. The van der Waals surface area contributed by atoms with Crippen LogP contribution in [0.4, 0.5) is 16.0 Å². The number of aromatic nitrogens is 2. The summed E-state index contributed by atoms with van der Waals surface area (Å²) in [7, 11) is 0.